The molecule has 0 fully saturated rings. The summed E-state index contributed by atoms with van der Waals surface area (Å²) in [6, 6.07) is 7.87. The molecule has 0 radical (unpaired) electrons. The Bertz CT molecular complexity index is 546. The lowest BCUT2D eigenvalue weighted by Crippen LogP contribution is -2.08. The number of hydrogen-bond donors (Lipinski definition) is 1. The molecule has 0 bridgehead atoms. The van der Waals surface area contributed by atoms with Crippen LogP contribution in [0.4, 0.5) is 14.6 Å². The highest BCUT2D eigenvalue weighted by Crippen LogP contribution is 2.16. The first kappa shape index (κ1) is 13.0. The Morgan fingerprint density at radius 3 is 2.67 bits per heavy atom. The van der Waals surface area contributed by atoms with Crippen LogP contribution in [-0.4, -0.2) is 11.5 Å². The molecule has 0 unspecified atom stereocenters. The largest absolute Gasteiger partial charge is 0.367 e. The van der Waals surface area contributed by atoms with Gasteiger partial charge in [0.05, 0.1) is 0 Å². The van der Waals surface area contributed by atoms with Gasteiger partial charge in [0.2, 0.25) is 0 Å². The van der Waals surface area contributed by atoms with E-state index in [2.05, 4.69) is 26.2 Å². The van der Waals surface area contributed by atoms with Crippen molar-refractivity contribution >= 4 is 21.7 Å². The number of aromatic nitrogens is 1. The lowest BCUT2D eigenvalue weighted by Gasteiger charge is -2.07. The summed E-state index contributed by atoms with van der Waals surface area (Å²) in [5.74, 6) is -0.504. The fraction of sp³-hybridized carbons (Fsp3) is 0.154. The van der Waals surface area contributed by atoms with Crippen molar-refractivity contribution in [3.05, 3.63) is 58.2 Å². The summed E-state index contributed by atoms with van der Waals surface area (Å²) in [5, 5.41) is 2.84. The molecule has 5 heteroatoms. The van der Waals surface area contributed by atoms with Gasteiger partial charge in [-0.25, -0.2) is 13.8 Å². The quantitative estimate of drug-likeness (QED) is 0.929. The molecule has 94 valence electrons. The van der Waals surface area contributed by atoms with Gasteiger partial charge in [0.15, 0.2) is 11.6 Å². The van der Waals surface area contributed by atoms with Crippen LogP contribution >= 0.6 is 15.9 Å². The van der Waals surface area contributed by atoms with Crippen LogP contribution in [0.3, 0.4) is 0 Å². The van der Waals surface area contributed by atoms with E-state index in [1.54, 1.807) is 18.2 Å². The number of rotatable bonds is 4. The lowest BCUT2D eigenvalue weighted by atomic mass is 10.1. The van der Waals surface area contributed by atoms with Crippen molar-refractivity contribution < 1.29 is 8.78 Å². The number of nitrogens with zero attached hydrogens (tertiary/aromatic N) is 1. The van der Waals surface area contributed by atoms with Gasteiger partial charge in [-0.3, -0.25) is 0 Å². The zero-order valence-electron chi connectivity index (χ0n) is 9.46. The van der Waals surface area contributed by atoms with E-state index in [1.165, 1.54) is 18.3 Å². The van der Waals surface area contributed by atoms with Gasteiger partial charge in [-0.1, -0.05) is 18.2 Å². The van der Waals surface area contributed by atoms with E-state index < -0.39 is 5.82 Å². The van der Waals surface area contributed by atoms with Crippen molar-refractivity contribution in [3.8, 4) is 0 Å². The molecule has 0 aliphatic heterocycles. The van der Waals surface area contributed by atoms with E-state index in [4.69, 9.17) is 0 Å². The van der Waals surface area contributed by atoms with Crippen LogP contribution in [0.2, 0.25) is 0 Å². The molecule has 0 atom stereocenters. The van der Waals surface area contributed by atoms with Gasteiger partial charge in [-0.15, -0.1) is 0 Å². The van der Waals surface area contributed by atoms with Crippen LogP contribution in [0.5, 0.6) is 0 Å². The molecule has 1 aromatic heterocycles. The zero-order valence-corrected chi connectivity index (χ0v) is 11.0. The molecule has 2 nitrogen and oxygen atoms in total. The molecule has 0 amide bonds. The zero-order chi connectivity index (χ0) is 13.0. The second-order valence-corrected chi connectivity index (χ2v) is 4.67. The summed E-state index contributed by atoms with van der Waals surface area (Å²) in [4.78, 5) is 3.90. The highest BCUT2D eigenvalue weighted by molar-refractivity contribution is 9.10. The maximum atomic E-state index is 13.4. The highest BCUT2D eigenvalue weighted by atomic mass is 79.9. The van der Waals surface area contributed by atoms with E-state index in [9.17, 15) is 8.78 Å². The first-order chi connectivity index (χ1) is 8.66. The molecular weight excluding hydrogens is 302 g/mol. The average molecular weight is 313 g/mol. The molecule has 0 saturated carbocycles. The van der Waals surface area contributed by atoms with E-state index in [0.29, 0.717) is 23.0 Å². The van der Waals surface area contributed by atoms with E-state index in [0.717, 1.165) is 0 Å². The highest BCUT2D eigenvalue weighted by Gasteiger charge is 2.05. The van der Waals surface area contributed by atoms with Crippen molar-refractivity contribution in [3.63, 3.8) is 0 Å². The van der Waals surface area contributed by atoms with Gasteiger partial charge >= 0.3 is 0 Å². The van der Waals surface area contributed by atoms with Crippen molar-refractivity contribution in [2.45, 2.75) is 6.42 Å². The molecule has 0 saturated heterocycles. The van der Waals surface area contributed by atoms with Gasteiger partial charge in [0, 0.05) is 17.2 Å². The normalized spacial score (nSPS) is 10.4. The molecule has 18 heavy (non-hydrogen) atoms. The number of nitrogens with one attached hydrogen (secondary N) is 1. The third kappa shape index (κ3) is 3.26. The topological polar surface area (TPSA) is 24.9 Å². The third-order valence-corrected chi connectivity index (χ3v) is 2.89. The number of pyridine rings is 1. The van der Waals surface area contributed by atoms with Gasteiger partial charge in [0.25, 0.3) is 0 Å². The minimum Gasteiger partial charge on any atom is -0.367 e. The summed E-state index contributed by atoms with van der Waals surface area (Å²) in [5.41, 5.74) is 0.600. The van der Waals surface area contributed by atoms with Crippen molar-refractivity contribution in [2.24, 2.45) is 0 Å². The summed E-state index contributed by atoms with van der Waals surface area (Å²) < 4.78 is 27.3. The fourth-order valence-corrected chi connectivity index (χ4v) is 1.86. The Morgan fingerprint density at radius 2 is 1.94 bits per heavy atom. The van der Waals surface area contributed by atoms with Crippen LogP contribution in [0.15, 0.2) is 41.0 Å². The second-order valence-electron chi connectivity index (χ2n) is 3.75. The predicted octanol–water partition coefficient (Wildman–Crippen LogP) is 3.78. The lowest BCUT2D eigenvalue weighted by molar-refractivity contribution is 0.609. The third-order valence-electron chi connectivity index (χ3n) is 2.45. The minimum atomic E-state index is -0.432. The van der Waals surface area contributed by atoms with E-state index >= 15 is 0 Å². The summed E-state index contributed by atoms with van der Waals surface area (Å²) in [7, 11) is 0. The van der Waals surface area contributed by atoms with E-state index in [-0.39, 0.29) is 11.6 Å². The second kappa shape index (κ2) is 5.91. The van der Waals surface area contributed by atoms with Crippen molar-refractivity contribution in [1.29, 1.82) is 0 Å². The predicted molar refractivity (Wildman–Crippen MR) is 70.5 cm³/mol. The number of benzene rings is 1. The van der Waals surface area contributed by atoms with Crippen LogP contribution in [0, 0.1) is 11.6 Å². The Labute approximate surface area is 112 Å². The summed E-state index contributed by atoms with van der Waals surface area (Å²) in [6.45, 7) is 0.423. The Morgan fingerprint density at radius 1 is 1.17 bits per heavy atom. The van der Waals surface area contributed by atoms with Crippen LogP contribution in [-0.2, 0) is 6.42 Å². The van der Waals surface area contributed by atoms with Gasteiger partial charge in [-0.2, -0.15) is 0 Å². The average Bonchev–Trinajstić information content (AvgIpc) is 2.34. The maximum absolute atomic E-state index is 13.4. The molecule has 0 spiro atoms. The SMILES string of the molecule is Fc1ccccc1CCNc1ncc(Br)cc1F. The molecule has 0 aliphatic carbocycles. The molecule has 1 aromatic carbocycles. The molecule has 0 aliphatic rings. The van der Waals surface area contributed by atoms with Crippen molar-refractivity contribution in [2.75, 3.05) is 11.9 Å². The summed E-state index contributed by atoms with van der Waals surface area (Å²) >= 11 is 3.13. The maximum Gasteiger partial charge on any atom is 0.166 e. The number of halogens is 3. The molecule has 2 aromatic rings. The smallest absolute Gasteiger partial charge is 0.166 e. The van der Waals surface area contributed by atoms with Gasteiger partial charge in [-0.05, 0) is 40.0 Å². The summed E-state index contributed by atoms with van der Waals surface area (Å²) in [6.07, 6.45) is 1.98. The Kier molecular flexibility index (Phi) is 4.25. The van der Waals surface area contributed by atoms with Crippen LogP contribution < -0.4 is 5.32 Å². The van der Waals surface area contributed by atoms with Gasteiger partial charge < -0.3 is 5.32 Å². The van der Waals surface area contributed by atoms with Crippen LogP contribution in [0.25, 0.3) is 0 Å². The first-order valence-electron chi connectivity index (χ1n) is 5.45. The number of hydrogen-bond acceptors (Lipinski definition) is 2. The standard InChI is InChI=1S/C13H11BrF2N2/c14-10-7-12(16)13(18-8-10)17-6-5-9-3-1-2-4-11(9)15/h1-4,7-8H,5-6H2,(H,17,18). The number of anilines is 1. The molecule has 2 rings (SSSR count). The minimum absolute atomic E-state index is 0.175. The molecule has 1 N–H and O–H groups in total. The Hall–Kier alpha value is -1.49. The molecule has 1 heterocycles. The monoisotopic (exact) mass is 312 g/mol. The van der Waals surface area contributed by atoms with Gasteiger partial charge in [0.1, 0.15) is 5.82 Å². The van der Waals surface area contributed by atoms with Crippen LogP contribution in [0.1, 0.15) is 5.56 Å². The fourth-order valence-electron chi connectivity index (χ4n) is 1.56. The molecular formula is C13H11BrF2N2. The van der Waals surface area contributed by atoms with E-state index in [1.807, 2.05) is 0 Å². The Balaban J connectivity index is 1.95. The van der Waals surface area contributed by atoms with Crippen molar-refractivity contribution in [1.82, 2.24) is 4.98 Å². The first-order valence-corrected chi connectivity index (χ1v) is 6.24.